The van der Waals surface area contributed by atoms with Crippen LogP contribution in [0.15, 0.2) is 24.4 Å². The van der Waals surface area contributed by atoms with E-state index in [1.807, 2.05) is 35.4 Å². The van der Waals surface area contributed by atoms with Crippen molar-refractivity contribution in [2.75, 3.05) is 57.9 Å². The van der Waals surface area contributed by atoms with Crippen LogP contribution in [0.5, 0.6) is 5.75 Å². The highest BCUT2D eigenvalue weighted by atomic mass is 16.5. The summed E-state index contributed by atoms with van der Waals surface area (Å²) in [6, 6.07) is 5.76. The van der Waals surface area contributed by atoms with Crippen LogP contribution in [0.3, 0.4) is 0 Å². The molecule has 9 nitrogen and oxygen atoms in total. The van der Waals surface area contributed by atoms with E-state index in [1.54, 1.807) is 7.11 Å². The molecule has 0 aliphatic carbocycles. The zero-order valence-corrected chi connectivity index (χ0v) is 20.4. The monoisotopic (exact) mass is 465 g/mol. The molecule has 1 amide bonds. The zero-order valence-electron chi connectivity index (χ0n) is 20.4. The maximum Gasteiger partial charge on any atom is 0.254 e. The summed E-state index contributed by atoms with van der Waals surface area (Å²) in [5, 5.41) is 3.41. The molecule has 1 aromatic carbocycles. The number of likely N-dealkylation sites (N-methyl/N-ethyl adjacent to an activating group) is 1. The highest BCUT2D eigenvalue weighted by Gasteiger charge is 2.23. The average molecular weight is 466 g/mol. The maximum absolute atomic E-state index is 13.0. The van der Waals surface area contributed by atoms with Gasteiger partial charge in [0.1, 0.15) is 11.6 Å². The number of amides is 1. The molecule has 182 valence electrons. The molecule has 0 radical (unpaired) electrons. The Kier molecular flexibility index (Phi) is 7.52. The van der Waals surface area contributed by atoms with Crippen LogP contribution >= 0.6 is 0 Å². The number of hydrogen-bond acceptors (Lipinski definition) is 8. The molecule has 34 heavy (non-hydrogen) atoms. The molecule has 3 heterocycles. The van der Waals surface area contributed by atoms with Gasteiger partial charge in [0.05, 0.1) is 12.8 Å². The molecular weight excluding hydrogens is 430 g/mol. The van der Waals surface area contributed by atoms with Crippen LogP contribution in [0.25, 0.3) is 6.08 Å². The molecule has 1 fully saturated rings. The van der Waals surface area contributed by atoms with E-state index >= 15 is 0 Å². The molecule has 1 aromatic heterocycles. The molecule has 0 atom stereocenters. The number of fused-ring (bicyclic) bond motifs is 1. The van der Waals surface area contributed by atoms with Gasteiger partial charge in [0, 0.05) is 68.7 Å². The summed E-state index contributed by atoms with van der Waals surface area (Å²) in [6.45, 7) is 7.60. The second-order valence-corrected chi connectivity index (χ2v) is 8.92. The number of nitrogen functional groups attached to an aromatic ring is 1. The second kappa shape index (κ2) is 10.7. The highest BCUT2D eigenvalue weighted by Crippen LogP contribution is 2.29. The summed E-state index contributed by atoms with van der Waals surface area (Å²) in [7, 11) is 3.73. The first-order chi connectivity index (χ1) is 16.5. The van der Waals surface area contributed by atoms with E-state index < -0.39 is 0 Å². The number of piperazine rings is 1. The third kappa shape index (κ3) is 5.41. The Morgan fingerprint density at radius 3 is 2.74 bits per heavy atom. The first-order valence-corrected chi connectivity index (χ1v) is 12.0. The van der Waals surface area contributed by atoms with E-state index in [4.69, 9.17) is 10.5 Å². The van der Waals surface area contributed by atoms with Gasteiger partial charge in [0.25, 0.3) is 5.91 Å². The smallest absolute Gasteiger partial charge is 0.254 e. The molecule has 0 saturated carbocycles. The lowest BCUT2D eigenvalue weighted by Gasteiger charge is -2.32. The largest absolute Gasteiger partial charge is 0.496 e. The number of ether oxygens (including phenoxy) is 1. The molecule has 4 rings (SSSR count). The van der Waals surface area contributed by atoms with E-state index in [0.29, 0.717) is 24.4 Å². The van der Waals surface area contributed by atoms with Crippen molar-refractivity contribution in [3.05, 3.63) is 46.8 Å². The number of benzene rings is 1. The number of rotatable bonds is 8. The Morgan fingerprint density at radius 2 is 2.00 bits per heavy atom. The Balaban J connectivity index is 1.48. The maximum atomic E-state index is 13.0. The number of hydrogen-bond donors (Lipinski definition) is 2. The summed E-state index contributed by atoms with van der Waals surface area (Å²) in [4.78, 5) is 28.2. The topological polar surface area (TPSA) is 99.8 Å². The molecular formula is C25H35N7O2. The van der Waals surface area contributed by atoms with E-state index in [-0.39, 0.29) is 11.9 Å². The molecule has 3 N–H and O–H groups in total. The lowest BCUT2D eigenvalue weighted by Crippen LogP contribution is -2.47. The van der Waals surface area contributed by atoms with Crippen molar-refractivity contribution in [1.29, 1.82) is 0 Å². The fourth-order valence-electron chi connectivity index (χ4n) is 4.30. The van der Waals surface area contributed by atoms with Crippen molar-refractivity contribution in [2.45, 2.75) is 32.9 Å². The number of carbonyl (C=O) groups excluding carboxylic acids is 1. The molecule has 1 saturated heterocycles. The van der Waals surface area contributed by atoms with Crippen molar-refractivity contribution >= 4 is 23.7 Å². The number of nitrogens with two attached hydrogens (primary N) is 1. The molecule has 0 bridgehead atoms. The lowest BCUT2D eigenvalue weighted by atomic mass is 10.1. The molecule has 2 aliphatic heterocycles. The third-order valence-corrected chi connectivity index (χ3v) is 6.38. The molecule has 0 unspecified atom stereocenters. The van der Waals surface area contributed by atoms with Crippen LogP contribution in [0.4, 0.5) is 11.8 Å². The fraction of sp³-hybridized carbons (Fsp3) is 0.480. The van der Waals surface area contributed by atoms with Crippen LogP contribution in [-0.2, 0) is 13.1 Å². The van der Waals surface area contributed by atoms with Crippen LogP contribution in [0.2, 0.25) is 0 Å². The average Bonchev–Trinajstić information content (AvgIpc) is 2.84. The van der Waals surface area contributed by atoms with Crippen molar-refractivity contribution in [3.8, 4) is 5.75 Å². The minimum Gasteiger partial charge on any atom is -0.496 e. The van der Waals surface area contributed by atoms with Crippen LogP contribution in [-0.4, -0.2) is 77.5 Å². The summed E-state index contributed by atoms with van der Waals surface area (Å²) in [5.74, 6) is 1.85. The fourth-order valence-corrected chi connectivity index (χ4v) is 4.30. The number of anilines is 2. The first-order valence-electron chi connectivity index (χ1n) is 12.0. The normalized spacial score (nSPS) is 15.9. The van der Waals surface area contributed by atoms with Gasteiger partial charge >= 0.3 is 0 Å². The quantitative estimate of drug-likeness (QED) is 0.574. The van der Waals surface area contributed by atoms with Crippen LogP contribution < -0.4 is 15.8 Å². The van der Waals surface area contributed by atoms with Gasteiger partial charge in [-0.05, 0) is 31.7 Å². The van der Waals surface area contributed by atoms with Gasteiger partial charge in [-0.25, -0.2) is 4.98 Å². The summed E-state index contributed by atoms with van der Waals surface area (Å²) in [5.41, 5.74) is 9.49. The summed E-state index contributed by atoms with van der Waals surface area (Å²) >= 11 is 0. The Hall–Kier alpha value is -3.33. The lowest BCUT2D eigenvalue weighted by molar-refractivity contribution is 0.0663. The molecule has 2 aromatic rings. The number of nitrogens with zero attached hydrogens (tertiary/aromatic N) is 5. The number of methoxy groups -OCH3 is 1. The van der Waals surface area contributed by atoms with E-state index in [0.717, 1.165) is 68.2 Å². The molecule has 9 heteroatoms. The Bertz CT molecular complexity index is 1050. The minimum absolute atomic E-state index is 0.0577. The number of unbranched alkanes of at least 4 members (excludes halogenated alkanes) is 1. The van der Waals surface area contributed by atoms with Crippen LogP contribution in [0, 0.1) is 0 Å². The zero-order chi connectivity index (χ0) is 24.1. The van der Waals surface area contributed by atoms with Gasteiger partial charge in [0.15, 0.2) is 0 Å². The van der Waals surface area contributed by atoms with Crippen molar-refractivity contribution in [1.82, 2.24) is 24.7 Å². The number of nitrogens with one attached hydrogen (secondary N) is 1. The van der Waals surface area contributed by atoms with Gasteiger partial charge < -0.3 is 30.5 Å². The minimum atomic E-state index is 0.0577. The summed E-state index contributed by atoms with van der Waals surface area (Å²) in [6.07, 6.45) is 6.16. The highest BCUT2D eigenvalue weighted by molar-refractivity contribution is 5.94. The van der Waals surface area contributed by atoms with Crippen LogP contribution in [0.1, 0.15) is 46.9 Å². The predicted octanol–water partition coefficient (Wildman–Crippen LogP) is 2.65. The molecule has 0 spiro atoms. The SMILES string of the molecule is CCCCNc1nc(N)nc2c1CN(Cc1ccc(C(=O)N3CCN(C)CC3)cc1OC)C=C2. The Morgan fingerprint density at radius 1 is 1.21 bits per heavy atom. The van der Waals surface area contributed by atoms with Gasteiger partial charge in [-0.15, -0.1) is 0 Å². The van der Waals surface area contributed by atoms with E-state index in [2.05, 4.69) is 39.1 Å². The third-order valence-electron chi connectivity index (χ3n) is 6.38. The predicted molar refractivity (Wildman–Crippen MR) is 135 cm³/mol. The van der Waals surface area contributed by atoms with E-state index in [9.17, 15) is 4.79 Å². The molecule has 2 aliphatic rings. The Labute approximate surface area is 201 Å². The standard InChI is InChI=1S/C25H35N7O2/c1-4-5-9-27-23-20-17-31(10-8-21(20)28-25(26)29-23)16-19-7-6-18(15-22(19)34-3)24(33)32-13-11-30(2)12-14-32/h6-8,10,15H,4-5,9,11-14,16-17H2,1-3H3,(H3,26,27,28,29). The number of aromatic nitrogens is 2. The van der Waals surface area contributed by atoms with E-state index in [1.165, 1.54) is 0 Å². The van der Waals surface area contributed by atoms with Gasteiger partial charge in [-0.3, -0.25) is 4.79 Å². The van der Waals surface area contributed by atoms with Crippen molar-refractivity contribution in [3.63, 3.8) is 0 Å². The van der Waals surface area contributed by atoms with Crippen molar-refractivity contribution < 1.29 is 9.53 Å². The first kappa shape index (κ1) is 23.8. The number of carbonyl (C=O) groups is 1. The van der Waals surface area contributed by atoms with Gasteiger partial charge in [0.2, 0.25) is 5.95 Å². The van der Waals surface area contributed by atoms with Gasteiger partial charge in [-0.2, -0.15) is 4.98 Å². The van der Waals surface area contributed by atoms with Crippen molar-refractivity contribution in [2.24, 2.45) is 0 Å². The summed E-state index contributed by atoms with van der Waals surface area (Å²) < 4.78 is 5.67. The second-order valence-electron chi connectivity index (χ2n) is 8.92. The van der Waals surface area contributed by atoms with Gasteiger partial charge in [-0.1, -0.05) is 19.4 Å².